The molecule has 1 aromatic carbocycles. The number of hydrogen-bond acceptors (Lipinski definition) is 6. The molecule has 0 radical (unpaired) electrons. The van der Waals surface area contributed by atoms with Gasteiger partial charge in [0.1, 0.15) is 0 Å². The molecule has 1 aromatic heterocycles. The van der Waals surface area contributed by atoms with Crippen molar-refractivity contribution in [1.82, 2.24) is 20.2 Å². The Balaban J connectivity index is 2.28. The molecule has 0 unspecified atom stereocenters. The molecule has 0 aliphatic heterocycles. The van der Waals surface area contributed by atoms with Crippen molar-refractivity contribution in [2.45, 2.75) is 31.8 Å². The number of rotatable bonds is 6. The topological polar surface area (TPSA) is 97.1 Å². The fourth-order valence-electron chi connectivity index (χ4n) is 2.05. The van der Waals surface area contributed by atoms with Gasteiger partial charge in [-0.2, -0.15) is 4.98 Å². The average Bonchev–Trinajstić information content (AvgIpc) is 2.93. The normalized spacial score (nSPS) is 11.8. The van der Waals surface area contributed by atoms with Crippen LogP contribution in [0.25, 0.3) is 0 Å². The minimum Gasteiger partial charge on any atom is -0.343 e. The molecule has 2 rings (SSSR count). The molecule has 7 nitrogen and oxygen atoms in total. The third-order valence-electron chi connectivity index (χ3n) is 3.12. The second-order valence-electron chi connectivity index (χ2n) is 4.75. The molecule has 0 saturated heterocycles. The second kappa shape index (κ2) is 6.33. The van der Waals surface area contributed by atoms with E-state index >= 15 is 0 Å². The summed E-state index contributed by atoms with van der Waals surface area (Å²) in [4.78, 5) is 4.05. The van der Waals surface area contributed by atoms with E-state index in [4.69, 9.17) is 0 Å². The summed E-state index contributed by atoms with van der Waals surface area (Å²) in [6, 6.07) is 3.56. The van der Waals surface area contributed by atoms with Crippen molar-refractivity contribution in [2.75, 3.05) is 7.05 Å². The maximum Gasteiger partial charge on any atom is 0.241 e. The molecule has 114 valence electrons. The van der Waals surface area contributed by atoms with Crippen LogP contribution in [0, 0.1) is 13.8 Å². The van der Waals surface area contributed by atoms with Crippen LogP contribution in [0.1, 0.15) is 22.5 Å². The van der Waals surface area contributed by atoms with E-state index in [1.807, 2.05) is 20.0 Å². The van der Waals surface area contributed by atoms with Crippen LogP contribution in [-0.2, 0) is 23.1 Å². The first-order valence-electron chi connectivity index (χ1n) is 6.43. The van der Waals surface area contributed by atoms with E-state index in [-0.39, 0.29) is 11.4 Å². The largest absolute Gasteiger partial charge is 0.343 e. The Bertz CT molecular complexity index is 711. The van der Waals surface area contributed by atoms with Crippen molar-refractivity contribution in [2.24, 2.45) is 0 Å². The van der Waals surface area contributed by atoms with Gasteiger partial charge in [-0.25, -0.2) is 13.1 Å². The average molecular weight is 310 g/mol. The summed E-state index contributed by atoms with van der Waals surface area (Å²) in [6.07, 6.45) is 1.16. The van der Waals surface area contributed by atoms with Crippen molar-refractivity contribution < 1.29 is 12.9 Å². The van der Waals surface area contributed by atoms with Gasteiger partial charge in [-0.3, -0.25) is 0 Å². The summed E-state index contributed by atoms with van der Waals surface area (Å²) >= 11 is 0. The minimum absolute atomic E-state index is 0.00644. The van der Waals surface area contributed by atoms with Crippen molar-refractivity contribution in [3.63, 3.8) is 0 Å². The molecule has 0 bridgehead atoms. The van der Waals surface area contributed by atoms with Crippen LogP contribution in [0.4, 0.5) is 0 Å². The molecule has 0 aliphatic rings. The highest BCUT2D eigenvalue weighted by atomic mass is 32.2. The molecule has 0 spiro atoms. The molecule has 0 aliphatic carbocycles. The zero-order chi connectivity index (χ0) is 15.5. The molecular formula is C13H18N4O3S. The van der Waals surface area contributed by atoms with Crippen LogP contribution < -0.4 is 10.0 Å². The first-order chi connectivity index (χ1) is 9.94. The molecule has 21 heavy (non-hydrogen) atoms. The van der Waals surface area contributed by atoms with Crippen LogP contribution in [0.2, 0.25) is 0 Å². The van der Waals surface area contributed by atoms with Crippen molar-refractivity contribution in [3.05, 3.63) is 41.0 Å². The van der Waals surface area contributed by atoms with Gasteiger partial charge in [0.2, 0.25) is 16.4 Å². The zero-order valence-corrected chi connectivity index (χ0v) is 13.0. The van der Waals surface area contributed by atoms with Gasteiger partial charge in [0.05, 0.1) is 11.4 Å². The van der Waals surface area contributed by atoms with Crippen molar-refractivity contribution in [1.29, 1.82) is 0 Å². The number of benzene rings is 1. The van der Waals surface area contributed by atoms with Crippen LogP contribution in [-0.4, -0.2) is 25.6 Å². The summed E-state index contributed by atoms with van der Waals surface area (Å²) in [5.74, 6) is 0.291. The summed E-state index contributed by atoms with van der Waals surface area (Å²) in [5.41, 5.74) is 2.70. The van der Waals surface area contributed by atoms with Crippen LogP contribution >= 0.6 is 0 Å². The van der Waals surface area contributed by atoms with E-state index in [1.54, 1.807) is 13.0 Å². The minimum atomic E-state index is -3.62. The van der Waals surface area contributed by atoms with Crippen molar-refractivity contribution >= 4 is 10.0 Å². The lowest BCUT2D eigenvalue weighted by atomic mass is 10.1. The van der Waals surface area contributed by atoms with Gasteiger partial charge in [-0.1, -0.05) is 11.2 Å². The van der Waals surface area contributed by atoms with Gasteiger partial charge in [0.25, 0.3) is 0 Å². The monoisotopic (exact) mass is 310 g/mol. The Morgan fingerprint density at radius 1 is 1.19 bits per heavy atom. The highest BCUT2D eigenvalue weighted by Crippen LogP contribution is 2.20. The standard InChI is InChI=1S/C13H18N4O3S/c1-9-4-10(2)12(5-11(9)6-14-3)21(18,19)16-7-13-15-8-20-17-13/h4-5,8,14,16H,6-7H2,1-3H3. The SMILES string of the molecule is CNCc1cc(S(=O)(=O)NCc2ncon2)c(C)cc1C. The summed E-state index contributed by atoms with van der Waals surface area (Å²) in [6.45, 7) is 4.34. The molecule has 0 fully saturated rings. The Labute approximate surface area is 123 Å². The van der Waals surface area contributed by atoms with Gasteiger partial charge in [0, 0.05) is 6.54 Å². The molecule has 0 saturated carbocycles. The quantitative estimate of drug-likeness (QED) is 0.822. The smallest absolute Gasteiger partial charge is 0.241 e. The first kappa shape index (κ1) is 15.6. The van der Waals surface area contributed by atoms with Crippen LogP contribution in [0.5, 0.6) is 0 Å². The third kappa shape index (κ3) is 3.66. The molecule has 0 amide bonds. The maximum atomic E-state index is 12.4. The van der Waals surface area contributed by atoms with Gasteiger partial charge < -0.3 is 9.84 Å². The number of nitrogens with zero attached hydrogens (tertiary/aromatic N) is 2. The predicted octanol–water partition coefficient (Wildman–Crippen LogP) is 0.884. The Kier molecular flexibility index (Phi) is 4.71. The maximum absolute atomic E-state index is 12.4. The van der Waals surface area contributed by atoms with E-state index < -0.39 is 10.0 Å². The molecule has 2 N–H and O–H groups in total. The molecule has 2 aromatic rings. The Morgan fingerprint density at radius 2 is 1.95 bits per heavy atom. The van der Waals surface area contributed by atoms with Crippen LogP contribution in [0.15, 0.2) is 27.9 Å². The van der Waals surface area contributed by atoms with Gasteiger partial charge in [-0.05, 0) is 43.7 Å². The Morgan fingerprint density at radius 3 is 2.57 bits per heavy atom. The number of hydrogen-bond donors (Lipinski definition) is 2. The molecule has 8 heteroatoms. The lowest BCUT2D eigenvalue weighted by molar-refractivity contribution is 0.409. The van der Waals surface area contributed by atoms with Crippen LogP contribution in [0.3, 0.4) is 0 Å². The highest BCUT2D eigenvalue weighted by Gasteiger charge is 2.19. The summed E-state index contributed by atoms with van der Waals surface area (Å²) in [5, 5.41) is 6.60. The molecule has 1 heterocycles. The zero-order valence-electron chi connectivity index (χ0n) is 12.2. The number of sulfonamides is 1. The lowest BCUT2D eigenvalue weighted by Crippen LogP contribution is -2.25. The second-order valence-corrected chi connectivity index (χ2v) is 6.48. The fraction of sp³-hybridized carbons (Fsp3) is 0.385. The highest BCUT2D eigenvalue weighted by molar-refractivity contribution is 7.89. The Hall–Kier alpha value is -1.77. The van der Waals surface area contributed by atoms with E-state index in [0.29, 0.717) is 17.9 Å². The van der Waals surface area contributed by atoms with E-state index in [2.05, 4.69) is 24.7 Å². The number of nitrogens with one attached hydrogen (secondary N) is 2. The summed E-state index contributed by atoms with van der Waals surface area (Å²) in [7, 11) is -1.80. The van der Waals surface area contributed by atoms with E-state index in [9.17, 15) is 8.42 Å². The van der Waals surface area contributed by atoms with Gasteiger partial charge in [-0.15, -0.1) is 0 Å². The summed E-state index contributed by atoms with van der Waals surface area (Å²) < 4.78 is 31.8. The number of aryl methyl sites for hydroxylation is 2. The third-order valence-corrected chi connectivity index (χ3v) is 4.66. The van der Waals surface area contributed by atoms with Crippen molar-refractivity contribution in [3.8, 4) is 0 Å². The molecule has 0 atom stereocenters. The lowest BCUT2D eigenvalue weighted by Gasteiger charge is -2.13. The van der Waals surface area contributed by atoms with Gasteiger partial charge >= 0.3 is 0 Å². The predicted molar refractivity (Wildman–Crippen MR) is 77.0 cm³/mol. The van der Waals surface area contributed by atoms with E-state index in [0.717, 1.165) is 17.5 Å². The molecular weight excluding hydrogens is 292 g/mol. The fourth-order valence-corrected chi connectivity index (χ4v) is 3.31. The van der Waals surface area contributed by atoms with E-state index in [1.165, 1.54) is 0 Å². The first-order valence-corrected chi connectivity index (χ1v) is 7.92. The van der Waals surface area contributed by atoms with Gasteiger partial charge in [0.15, 0.2) is 5.82 Å². The number of aromatic nitrogens is 2.